The average molecular weight is 292 g/mol. The number of rotatable bonds is 3. The van der Waals surface area contributed by atoms with E-state index in [2.05, 4.69) is 41.5 Å². The quantitative estimate of drug-likeness (QED) is 0.621. The third kappa shape index (κ3) is 1.59. The minimum atomic E-state index is 0.568. The van der Waals surface area contributed by atoms with Crippen LogP contribution in [-0.2, 0) is 0 Å². The van der Waals surface area contributed by atoms with Crippen LogP contribution in [0.1, 0.15) is 54.4 Å². The molecular formula is C19H33P. The highest BCUT2D eigenvalue weighted by molar-refractivity contribution is 7.40. The molecular weight excluding hydrogens is 259 g/mol. The average Bonchev–Trinajstić information content (AvgIpc) is 2.45. The minimum absolute atomic E-state index is 0.568. The van der Waals surface area contributed by atoms with Crippen molar-refractivity contribution in [1.29, 1.82) is 0 Å². The fraction of sp³-hybridized carbons (Fsp3) is 1.00. The number of fused-ring (bicyclic) bond motifs is 3. The van der Waals surface area contributed by atoms with Gasteiger partial charge in [0.15, 0.2) is 0 Å². The largest absolute Gasteiger partial charge is 0.113 e. The van der Waals surface area contributed by atoms with Crippen molar-refractivity contribution in [2.24, 2.45) is 53.3 Å². The Hall–Kier alpha value is 0.430. The zero-order valence-corrected chi connectivity index (χ0v) is 15.2. The van der Waals surface area contributed by atoms with E-state index in [4.69, 9.17) is 0 Å². The highest BCUT2D eigenvalue weighted by atomic mass is 31.1. The summed E-state index contributed by atoms with van der Waals surface area (Å²) in [5, 5.41) is 0.568. The van der Waals surface area contributed by atoms with Gasteiger partial charge in [0.1, 0.15) is 0 Å². The lowest BCUT2D eigenvalue weighted by Gasteiger charge is -2.65. The SMILES string of the molecule is CCC(C)C1CC2C1C1C(C)C3C(PC(C)(C)C)C2C31. The molecule has 0 amide bonds. The Morgan fingerprint density at radius 3 is 2.35 bits per heavy atom. The second kappa shape index (κ2) is 4.24. The summed E-state index contributed by atoms with van der Waals surface area (Å²) in [6.45, 7) is 14.9. The van der Waals surface area contributed by atoms with E-state index in [0.29, 0.717) is 5.16 Å². The molecule has 4 aliphatic rings. The van der Waals surface area contributed by atoms with Gasteiger partial charge in [-0.05, 0) is 70.5 Å². The molecule has 0 saturated heterocycles. The Labute approximate surface area is 127 Å². The van der Waals surface area contributed by atoms with Crippen LogP contribution in [0.3, 0.4) is 0 Å². The molecule has 4 aliphatic carbocycles. The van der Waals surface area contributed by atoms with Gasteiger partial charge in [-0.3, -0.25) is 0 Å². The van der Waals surface area contributed by atoms with Gasteiger partial charge in [-0.15, -0.1) is 8.58 Å². The molecule has 0 nitrogen and oxygen atoms in total. The van der Waals surface area contributed by atoms with Crippen LogP contribution in [0.25, 0.3) is 0 Å². The number of hydrogen-bond acceptors (Lipinski definition) is 0. The molecule has 0 spiro atoms. The Balaban J connectivity index is 1.53. The maximum Gasteiger partial charge on any atom is -0.0164 e. The third-order valence-electron chi connectivity index (χ3n) is 7.82. The molecule has 0 aliphatic heterocycles. The van der Waals surface area contributed by atoms with Crippen LogP contribution in [-0.4, -0.2) is 10.8 Å². The molecule has 1 heteroatoms. The van der Waals surface area contributed by atoms with Crippen LogP contribution < -0.4 is 0 Å². The zero-order valence-electron chi connectivity index (χ0n) is 14.2. The second-order valence-corrected chi connectivity index (χ2v) is 12.1. The molecule has 0 radical (unpaired) electrons. The molecule has 0 N–H and O–H groups in total. The Kier molecular flexibility index (Phi) is 2.98. The van der Waals surface area contributed by atoms with Gasteiger partial charge in [-0.1, -0.05) is 48.0 Å². The summed E-state index contributed by atoms with van der Waals surface area (Å²) in [5.74, 6) is 10.1. The Morgan fingerprint density at radius 1 is 1.05 bits per heavy atom. The zero-order chi connectivity index (χ0) is 14.4. The van der Waals surface area contributed by atoms with Gasteiger partial charge in [0.05, 0.1) is 0 Å². The van der Waals surface area contributed by atoms with Gasteiger partial charge < -0.3 is 0 Å². The monoisotopic (exact) mass is 292 g/mol. The predicted molar refractivity (Wildman–Crippen MR) is 89.5 cm³/mol. The maximum atomic E-state index is 2.61. The standard InChI is InChI=1S/C19H33P/c1-7-9(2)11-8-12-15(11)13-10(3)14-17(13)16(12)18(14)20-19(4,5)6/h9-18,20H,7-8H2,1-6H3. The van der Waals surface area contributed by atoms with Crippen molar-refractivity contribution < 1.29 is 0 Å². The van der Waals surface area contributed by atoms with E-state index in [1.807, 2.05) is 0 Å². The first-order valence-corrected chi connectivity index (χ1v) is 10.2. The summed E-state index contributed by atoms with van der Waals surface area (Å²) in [4.78, 5) is 0. The molecule has 0 heterocycles. The van der Waals surface area contributed by atoms with Crippen molar-refractivity contribution in [3.8, 4) is 0 Å². The summed E-state index contributed by atoms with van der Waals surface area (Å²) in [5.41, 5.74) is 1.12. The molecule has 4 rings (SSSR count). The van der Waals surface area contributed by atoms with Crippen molar-refractivity contribution in [2.75, 3.05) is 0 Å². The lowest BCUT2D eigenvalue weighted by atomic mass is 9.45. The first-order valence-electron chi connectivity index (χ1n) is 9.13. The molecule has 0 aromatic heterocycles. The molecule has 20 heavy (non-hydrogen) atoms. The molecule has 0 aromatic carbocycles. The second-order valence-electron chi connectivity index (χ2n) is 9.61. The first kappa shape index (κ1) is 14.0. The summed E-state index contributed by atoms with van der Waals surface area (Å²) in [6.07, 6.45) is 3.00. The summed E-state index contributed by atoms with van der Waals surface area (Å²) in [6, 6.07) is 0. The topological polar surface area (TPSA) is 0 Å². The van der Waals surface area contributed by atoms with Crippen molar-refractivity contribution >= 4 is 8.58 Å². The fourth-order valence-electron chi connectivity index (χ4n) is 7.00. The summed E-state index contributed by atoms with van der Waals surface area (Å²) < 4.78 is 0. The van der Waals surface area contributed by atoms with E-state index >= 15 is 0 Å². The molecule has 4 saturated carbocycles. The van der Waals surface area contributed by atoms with Gasteiger partial charge in [0.2, 0.25) is 0 Å². The van der Waals surface area contributed by atoms with E-state index < -0.39 is 0 Å². The predicted octanol–water partition coefficient (Wildman–Crippen LogP) is 5.27. The van der Waals surface area contributed by atoms with E-state index in [1.165, 1.54) is 26.8 Å². The lowest BCUT2D eigenvalue weighted by molar-refractivity contribution is -0.107. The third-order valence-corrected chi connectivity index (χ3v) is 9.79. The van der Waals surface area contributed by atoms with Crippen LogP contribution in [0.15, 0.2) is 0 Å². The molecule has 0 bridgehead atoms. The molecule has 114 valence electrons. The Bertz CT molecular complexity index is 408. The maximum absolute atomic E-state index is 2.61. The van der Waals surface area contributed by atoms with E-state index in [1.54, 1.807) is 6.42 Å². The van der Waals surface area contributed by atoms with E-state index in [9.17, 15) is 0 Å². The summed E-state index contributed by atoms with van der Waals surface area (Å²) in [7, 11) is 1.22. The molecule has 0 aromatic rings. The van der Waals surface area contributed by atoms with Crippen LogP contribution >= 0.6 is 8.58 Å². The molecule has 11 unspecified atom stereocenters. The van der Waals surface area contributed by atoms with Crippen molar-refractivity contribution in [3.05, 3.63) is 0 Å². The summed E-state index contributed by atoms with van der Waals surface area (Å²) >= 11 is 0. The normalized spacial score (nSPS) is 57.6. The van der Waals surface area contributed by atoms with Crippen LogP contribution in [0, 0.1) is 53.3 Å². The van der Waals surface area contributed by atoms with Gasteiger partial charge >= 0.3 is 0 Å². The Morgan fingerprint density at radius 2 is 1.75 bits per heavy atom. The number of hydrogen-bond donors (Lipinski definition) is 0. The highest BCUT2D eigenvalue weighted by Gasteiger charge is 2.76. The first-order chi connectivity index (χ1) is 9.35. The lowest BCUT2D eigenvalue weighted by Crippen LogP contribution is -2.62. The minimum Gasteiger partial charge on any atom is -0.113 e. The van der Waals surface area contributed by atoms with E-state index in [0.717, 1.165) is 47.1 Å². The molecule has 4 fully saturated rings. The van der Waals surface area contributed by atoms with Crippen LogP contribution in [0.2, 0.25) is 0 Å². The van der Waals surface area contributed by atoms with Gasteiger partial charge in [0, 0.05) is 0 Å². The smallest absolute Gasteiger partial charge is 0.0164 e. The fourth-order valence-corrected chi connectivity index (χ4v) is 9.38. The van der Waals surface area contributed by atoms with Crippen LogP contribution in [0.4, 0.5) is 0 Å². The van der Waals surface area contributed by atoms with E-state index in [-0.39, 0.29) is 0 Å². The van der Waals surface area contributed by atoms with Crippen molar-refractivity contribution in [3.63, 3.8) is 0 Å². The van der Waals surface area contributed by atoms with Gasteiger partial charge in [-0.25, -0.2) is 0 Å². The van der Waals surface area contributed by atoms with Gasteiger partial charge in [-0.2, -0.15) is 0 Å². The highest BCUT2D eigenvalue weighted by Crippen LogP contribution is 2.81. The molecule has 11 atom stereocenters. The van der Waals surface area contributed by atoms with Gasteiger partial charge in [0.25, 0.3) is 0 Å². The van der Waals surface area contributed by atoms with Crippen molar-refractivity contribution in [1.82, 2.24) is 0 Å². The van der Waals surface area contributed by atoms with Crippen LogP contribution in [0.5, 0.6) is 0 Å². The van der Waals surface area contributed by atoms with Crippen molar-refractivity contribution in [2.45, 2.75) is 65.2 Å².